The molecule has 0 spiro atoms. The predicted octanol–water partition coefficient (Wildman–Crippen LogP) is 1.64. The van der Waals surface area contributed by atoms with E-state index >= 15 is 0 Å². The van der Waals surface area contributed by atoms with E-state index in [1.54, 1.807) is 6.07 Å². The standard InChI is InChI=1S/C10H12N2O/c1-6-2-8-10(9(13)3-6)7(4-11)5-12-8/h2-3,5,12-13H,4,11H2,1H3. The molecule has 0 saturated heterocycles. The van der Waals surface area contributed by atoms with Crippen LogP contribution in [0.2, 0.25) is 0 Å². The van der Waals surface area contributed by atoms with Gasteiger partial charge in [-0.05, 0) is 30.2 Å². The third kappa shape index (κ3) is 1.17. The van der Waals surface area contributed by atoms with E-state index in [9.17, 15) is 5.11 Å². The topological polar surface area (TPSA) is 62.0 Å². The molecule has 4 N–H and O–H groups in total. The van der Waals surface area contributed by atoms with Crippen LogP contribution < -0.4 is 5.73 Å². The van der Waals surface area contributed by atoms with Crippen molar-refractivity contribution in [2.75, 3.05) is 0 Å². The van der Waals surface area contributed by atoms with Gasteiger partial charge in [0.2, 0.25) is 0 Å². The highest BCUT2D eigenvalue weighted by atomic mass is 16.3. The van der Waals surface area contributed by atoms with Crippen molar-refractivity contribution >= 4 is 10.9 Å². The summed E-state index contributed by atoms with van der Waals surface area (Å²) in [4.78, 5) is 3.08. The lowest BCUT2D eigenvalue weighted by atomic mass is 10.1. The quantitative estimate of drug-likeness (QED) is 0.618. The van der Waals surface area contributed by atoms with Crippen LogP contribution in [0.1, 0.15) is 11.1 Å². The Labute approximate surface area is 76.2 Å². The van der Waals surface area contributed by atoms with E-state index in [2.05, 4.69) is 4.98 Å². The van der Waals surface area contributed by atoms with Crippen LogP contribution in [0.15, 0.2) is 18.3 Å². The highest BCUT2D eigenvalue weighted by Crippen LogP contribution is 2.28. The number of nitrogens with one attached hydrogen (secondary N) is 1. The highest BCUT2D eigenvalue weighted by Gasteiger charge is 2.06. The molecule has 1 aromatic heterocycles. The van der Waals surface area contributed by atoms with E-state index in [1.165, 1.54) is 0 Å². The lowest BCUT2D eigenvalue weighted by Gasteiger charge is -1.99. The molecule has 13 heavy (non-hydrogen) atoms. The summed E-state index contributed by atoms with van der Waals surface area (Å²) in [6.07, 6.45) is 1.84. The molecule has 0 aliphatic rings. The number of rotatable bonds is 1. The zero-order valence-corrected chi connectivity index (χ0v) is 7.46. The number of aromatic nitrogens is 1. The summed E-state index contributed by atoms with van der Waals surface area (Å²) in [6.45, 7) is 2.39. The summed E-state index contributed by atoms with van der Waals surface area (Å²) in [5.41, 5.74) is 8.47. The first-order valence-corrected chi connectivity index (χ1v) is 4.22. The van der Waals surface area contributed by atoms with Gasteiger partial charge in [0, 0.05) is 23.6 Å². The Balaban J connectivity index is 2.82. The van der Waals surface area contributed by atoms with Crippen LogP contribution in [-0.4, -0.2) is 10.1 Å². The van der Waals surface area contributed by atoms with Crippen molar-refractivity contribution in [1.29, 1.82) is 0 Å². The Morgan fingerprint density at radius 1 is 1.46 bits per heavy atom. The Kier molecular flexibility index (Phi) is 1.74. The highest BCUT2D eigenvalue weighted by molar-refractivity contribution is 5.89. The third-order valence-electron chi connectivity index (χ3n) is 2.20. The smallest absolute Gasteiger partial charge is 0.125 e. The summed E-state index contributed by atoms with van der Waals surface area (Å²) in [5.74, 6) is 0.303. The lowest BCUT2D eigenvalue weighted by Crippen LogP contribution is -1.94. The Morgan fingerprint density at radius 3 is 2.92 bits per heavy atom. The maximum Gasteiger partial charge on any atom is 0.125 e. The average molecular weight is 176 g/mol. The van der Waals surface area contributed by atoms with Crippen molar-refractivity contribution in [3.63, 3.8) is 0 Å². The third-order valence-corrected chi connectivity index (χ3v) is 2.20. The SMILES string of the molecule is Cc1cc(O)c2c(CN)c[nH]c2c1. The van der Waals surface area contributed by atoms with Crippen LogP contribution in [0.25, 0.3) is 10.9 Å². The Bertz CT molecular complexity index is 445. The monoisotopic (exact) mass is 176 g/mol. The number of fused-ring (bicyclic) bond motifs is 1. The summed E-state index contributed by atoms with van der Waals surface area (Å²) >= 11 is 0. The fraction of sp³-hybridized carbons (Fsp3) is 0.200. The molecule has 0 radical (unpaired) electrons. The molecule has 3 nitrogen and oxygen atoms in total. The normalized spacial score (nSPS) is 10.9. The van der Waals surface area contributed by atoms with Crippen molar-refractivity contribution in [2.45, 2.75) is 13.5 Å². The van der Waals surface area contributed by atoms with E-state index in [1.807, 2.05) is 19.2 Å². The second-order valence-corrected chi connectivity index (χ2v) is 3.22. The molecule has 3 heteroatoms. The van der Waals surface area contributed by atoms with Crippen molar-refractivity contribution in [2.24, 2.45) is 5.73 Å². The van der Waals surface area contributed by atoms with Gasteiger partial charge in [-0.2, -0.15) is 0 Å². The van der Waals surface area contributed by atoms with Crippen molar-refractivity contribution < 1.29 is 5.11 Å². The number of hydrogen-bond acceptors (Lipinski definition) is 2. The largest absolute Gasteiger partial charge is 0.507 e. The number of phenols is 1. The lowest BCUT2D eigenvalue weighted by molar-refractivity contribution is 0.481. The summed E-state index contributed by atoms with van der Waals surface area (Å²) in [5, 5.41) is 10.5. The summed E-state index contributed by atoms with van der Waals surface area (Å²) in [7, 11) is 0. The molecule has 0 aliphatic carbocycles. The van der Waals surface area contributed by atoms with Gasteiger partial charge in [-0.15, -0.1) is 0 Å². The molecule has 0 fully saturated rings. The first-order chi connectivity index (χ1) is 6.22. The fourth-order valence-corrected chi connectivity index (χ4v) is 1.62. The Hall–Kier alpha value is -1.48. The van der Waals surface area contributed by atoms with Gasteiger partial charge in [-0.25, -0.2) is 0 Å². The van der Waals surface area contributed by atoms with Gasteiger partial charge in [0.1, 0.15) is 5.75 Å². The molecule has 0 aliphatic heterocycles. The summed E-state index contributed by atoms with van der Waals surface area (Å²) in [6, 6.07) is 3.74. The molecular formula is C10H12N2O. The molecule has 1 heterocycles. The second-order valence-electron chi connectivity index (χ2n) is 3.22. The van der Waals surface area contributed by atoms with E-state index in [-0.39, 0.29) is 0 Å². The van der Waals surface area contributed by atoms with Gasteiger partial charge in [-0.1, -0.05) is 0 Å². The zero-order valence-electron chi connectivity index (χ0n) is 7.46. The number of aromatic hydroxyl groups is 1. The molecule has 2 aromatic rings. The minimum atomic E-state index is 0.303. The van der Waals surface area contributed by atoms with Gasteiger partial charge in [-0.3, -0.25) is 0 Å². The van der Waals surface area contributed by atoms with Crippen LogP contribution in [0.4, 0.5) is 0 Å². The first kappa shape index (κ1) is 8.13. The number of hydrogen-bond donors (Lipinski definition) is 3. The van der Waals surface area contributed by atoms with E-state index in [0.717, 1.165) is 22.0 Å². The molecule has 0 amide bonds. The van der Waals surface area contributed by atoms with Crippen molar-refractivity contribution in [3.8, 4) is 5.75 Å². The van der Waals surface area contributed by atoms with Crippen LogP contribution in [0.3, 0.4) is 0 Å². The van der Waals surface area contributed by atoms with Crippen LogP contribution in [-0.2, 0) is 6.54 Å². The van der Waals surface area contributed by atoms with Crippen LogP contribution in [0, 0.1) is 6.92 Å². The molecule has 1 aromatic carbocycles. The second kappa shape index (κ2) is 2.78. The maximum atomic E-state index is 9.68. The molecule has 0 saturated carbocycles. The average Bonchev–Trinajstić information content (AvgIpc) is 2.47. The van der Waals surface area contributed by atoms with Crippen LogP contribution >= 0.6 is 0 Å². The van der Waals surface area contributed by atoms with E-state index < -0.39 is 0 Å². The molecule has 0 atom stereocenters. The molecule has 2 rings (SSSR count). The number of benzene rings is 1. The first-order valence-electron chi connectivity index (χ1n) is 4.22. The molecule has 0 unspecified atom stereocenters. The number of nitrogens with two attached hydrogens (primary N) is 1. The van der Waals surface area contributed by atoms with Gasteiger partial charge < -0.3 is 15.8 Å². The van der Waals surface area contributed by atoms with Gasteiger partial charge in [0.05, 0.1) is 0 Å². The molecule has 68 valence electrons. The summed E-state index contributed by atoms with van der Waals surface area (Å²) < 4.78 is 0. The van der Waals surface area contributed by atoms with Crippen molar-refractivity contribution in [3.05, 3.63) is 29.5 Å². The minimum absolute atomic E-state index is 0.303. The Morgan fingerprint density at radius 2 is 2.23 bits per heavy atom. The van der Waals surface area contributed by atoms with Crippen LogP contribution in [0.5, 0.6) is 5.75 Å². The molecule has 0 bridgehead atoms. The van der Waals surface area contributed by atoms with Crippen molar-refractivity contribution in [1.82, 2.24) is 4.98 Å². The zero-order chi connectivity index (χ0) is 9.42. The number of H-pyrrole nitrogens is 1. The number of aryl methyl sites for hydroxylation is 1. The predicted molar refractivity (Wildman–Crippen MR) is 52.6 cm³/mol. The minimum Gasteiger partial charge on any atom is -0.507 e. The van der Waals surface area contributed by atoms with Gasteiger partial charge >= 0.3 is 0 Å². The fourth-order valence-electron chi connectivity index (χ4n) is 1.62. The number of phenolic OH excluding ortho intramolecular Hbond substituents is 1. The maximum absolute atomic E-state index is 9.68. The molecular weight excluding hydrogens is 164 g/mol. The van der Waals surface area contributed by atoms with E-state index in [0.29, 0.717) is 12.3 Å². The van der Waals surface area contributed by atoms with E-state index in [4.69, 9.17) is 5.73 Å². The van der Waals surface area contributed by atoms with Gasteiger partial charge in [0.15, 0.2) is 0 Å². The number of aromatic amines is 1. The van der Waals surface area contributed by atoms with Gasteiger partial charge in [0.25, 0.3) is 0 Å².